The minimum atomic E-state index is 0.615. The predicted molar refractivity (Wildman–Crippen MR) is 71.8 cm³/mol. The molecule has 0 spiro atoms. The van der Waals surface area contributed by atoms with E-state index in [0.29, 0.717) is 10.2 Å². The molecule has 96 valence electrons. The summed E-state index contributed by atoms with van der Waals surface area (Å²) in [7, 11) is 0. The van der Waals surface area contributed by atoms with Gasteiger partial charge < -0.3 is 9.30 Å². The van der Waals surface area contributed by atoms with Crippen LogP contribution in [-0.4, -0.2) is 35.8 Å². The van der Waals surface area contributed by atoms with Crippen LogP contribution < -0.4 is 0 Å². The average Bonchev–Trinajstić information content (AvgIpc) is 2.36. The zero-order valence-corrected chi connectivity index (χ0v) is 11.6. The van der Waals surface area contributed by atoms with Gasteiger partial charge in [-0.15, -0.1) is 0 Å². The second-order valence-electron chi connectivity index (χ2n) is 4.56. The third-order valence-electron chi connectivity index (χ3n) is 3.26. The first-order chi connectivity index (χ1) is 8.63. The SMILES string of the molecule is Cc1cc(C)n(CN2CCOCC2)c(=S)c1C#N. The fourth-order valence-electron chi connectivity index (χ4n) is 2.18. The molecular weight excluding hydrogens is 246 g/mol. The normalized spacial score (nSPS) is 16.5. The molecule has 4 nitrogen and oxygen atoms in total. The van der Waals surface area contributed by atoms with Gasteiger partial charge >= 0.3 is 0 Å². The van der Waals surface area contributed by atoms with Crippen molar-refractivity contribution >= 4 is 12.2 Å². The van der Waals surface area contributed by atoms with Crippen molar-refractivity contribution in [3.05, 3.63) is 27.5 Å². The van der Waals surface area contributed by atoms with E-state index in [2.05, 4.69) is 11.0 Å². The highest BCUT2D eigenvalue weighted by atomic mass is 32.1. The van der Waals surface area contributed by atoms with Crippen molar-refractivity contribution in [1.29, 1.82) is 5.26 Å². The number of aromatic nitrogens is 1. The van der Waals surface area contributed by atoms with E-state index >= 15 is 0 Å². The van der Waals surface area contributed by atoms with Gasteiger partial charge in [0.25, 0.3) is 0 Å². The Hall–Kier alpha value is -1.22. The quantitative estimate of drug-likeness (QED) is 0.765. The van der Waals surface area contributed by atoms with E-state index in [0.717, 1.165) is 44.2 Å². The second kappa shape index (κ2) is 5.61. The number of hydrogen-bond acceptors (Lipinski definition) is 4. The van der Waals surface area contributed by atoms with Crippen LogP contribution in [0.1, 0.15) is 16.8 Å². The van der Waals surface area contributed by atoms with Gasteiger partial charge in [-0.25, -0.2) is 0 Å². The second-order valence-corrected chi connectivity index (χ2v) is 4.95. The molecule has 18 heavy (non-hydrogen) atoms. The molecule has 1 fully saturated rings. The number of rotatable bonds is 2. The fraction of sp³-hybridized carbons (Fsp3) is 0.538. The van der Waals surface area contributed by atoms with Crippen LogP contribution in [0.15, 0.2) is 6.07 Å². The van der Waals surface area contributed by atoms with Gasteiger partial charge in [-0.2, -0.15) is 5.26 Å². The Morgan fingerprint density at radius 3 is 2.67 bits per heavy atom. The van der Waals surface area contributed by atoms with Crippen LogP contribution in [0, 0.1) is 29.8 Å². The first kappa shape index (κ1) is 13.2. The summed E-state index contributed by atoms with van der Waals surface area (Å²) in [6.45, 7) is 8.06. The van der Waals surface area contributed by atoms with Crippen molar-refractivity contribution in [2.45, 2.75) is 20.5 Å². The van der Waals surface area contributed by atoms with Crippen LogP contribution in [0.5, 0.6) is 0 Å². The van der Waals surface area contributed by atoms with E-state index in [1.54, 1.807) is 0 Å². The lowest BCUT2D eigenvalue weighted by atomic mass is 10.1. The summed E-state index contributed by atoms with van der Waals surface area (Å²) in [5.74, 6) is 0. The first-order valence-electron chi connectivity index (χ1n) is 6.04. The highest BCUT2D eigenvalue weighted by Gasteiger charge is 2.13. The van der Waals surface area contributed by atoms with E-state index in [9.17, 15) is 0 Å². The van der Waals surface area contributed by atoms with Crippen LogP contribution in [0.25, 0.3) is 0 Å². The molecule has 5 heteroatoms. The summed E-state index contributed by atoms with van der Waals surface area (Å²) in [4.78, 5) is 2.29. The van der Waals surface area contributed by atoms with E-state index in [4.69, 9.17) is 22.2 Å². The molecule has 0 bridgehead atoms. The lowest BCUT2D eigenvalue weighted by molar-refractivity contribution is 0.0228. The molecule has 1 aliphatic rings. The number of nitriles is 1. The molecule has 0 aliphatic carbocycles. The summed E-state index contributed by atoms with van der Waals surface area (Å²) in [6, 6.07) is 4.22. The third kappa shape index (κ3) is 2.61. The van der Waals surface area contributed by atoms with Crippen LogP contribution >= 0.6 is 12.2 Å². The highest BCUT2D eigenvalue weighted by Crippen LogP contribution is 2.14. The van der Waals surface area contributed by atoms with E-state index < -0.39 is 0 Å². The van der Waals surface area contributed by atoms with Crippen molar-refractivity contribution in [1.82, 2.24) is 9.47 Å². The Labute approximate surface area is 112 Å². The van der Waals surface area contributed by atoms with Gasteiger partial charge in [0.05, 0.1) is 25.4 Å². The Balaban J connectivity index is 2.33. The van der Waals surface area contributed by atoms with Crippen molar-refractivity contribution in [2.24, 2.45) is 0 Å². The molecule has 1 aromatic rings. The Morgan fingerprint density at radius 1 is 1.39 bits per heavy atom. The molecule has 0 N–H and O–H groups in total. The van der Waals surface area contributed by atoms with Gasteiger partial charge in [0, 0.05) is 18.8 Å². The van der Waals surface area contributed by atoms with Gasteiger partial charge in [-0.05, 0) is 25.5 Å². The van der Waals surface area contributed by atoms with Gasteiger partial charge in [0.15, 0.2) is 0 Å². The van der Waals surface area contributed by atoms with Gasteiger partial charge in [-0.3, -0.25) is 4.90 Å². The molecule has 0 saturated carbocycles. The van der Waals surface area contributed by atoms with Crippen molar-refractivity contribution in [2.75, 3.05) is 26.3 Å². The Morgan fingerprint density at radius 2 is 2.06 bits per heavy atom. The number of hydrogen-bond donors (Lipinski definition) is 0. The van der Waals surface area contributed by atoms with Crippen LogP contribution in [0.2, 0.25) is 0 Å². The Kier molecular flexibility index (Phi) is 4.12. The van der Waals surface area contributed by atoms with Crippen LogP contribution in [0.4, 0.5) is 0 Å². The molecule has 1 aliphatic heterocycles. The molecule has 1 aromatic heterocycles. The largest absolute Gasteiger partial charge is 0.379 e. The molecule has 0 unspecified atom stereocenters. The van der Waals surface area contributed by atoms with Gasteiger partial charge in [0.2, 0.25) is 0 Å². The van der Waals surface area contributed by atoms with Crippen molar-refractivity contribution < 1.29 is 4.74 Å². The molecule has 2 heterocycles. The first-order valence-corrected chi connectivity index (χ1v) is 6.45. The minimum Gasteiger partial charge on any atom is -0.379 e. The maximum Gasteiger partial charge on any atom is 0.125 e. The van der Waals surface area contributed by atoms with E-state index in [1.807, 2.05) is 24.5 Å². The predicted octanol–water partition coefficient (Wildman–Crippen LogP) is 2.00. The smallest absolute Gasteiger partial charge is 0.125 e. The summed E-state index contributed by atoms with van der Waals surface area (Å²) in [6.07, 6.45) is 0. The number of aryl methyl sites for hydroxylation is 2. The van der Waals surface area contributed by atoms with Crippen molar-refractivity contribution in [3.8, 4) is 6.07 Å². The standard InChI is InChI=1S/C13H17N3OS/c1-10-7-11(2)16(13(18)12(10)8-14)9-15-3-5-17-6-4-15/h7H,3-6,9H2,1-2H3. The van der Waals surface area contributed by atoms with Gasteiger partial charge in [0.1, 0.15) is 10.7 Å². The minimum absolute atomic E-state index is 0.615. The monoisotopic (exact) mass is 263 g/mol. The lowest BCUT2D eigenvalue weighted by Crippen LogP contribution is -2.38. The third-order valence-corrected chi connectivity index (χ3v) is 3.69. The van der Waals surface area contributed by atoms with Crippen LogP contribution in [-0.2, 0) is 11.4 Å². The zero-order valence-electron chi connectivity index (χ0n) is 10.8. The van der Waals surface area contributed by atoms with Crippen molar-refractivity contribution in [3.63, 3.8) is 0 Å². The van der Waals surface area contributed by atoms with Gasteiger partial charge in [-0.1, -0.05) is 12.2 Å². The molecular formula is C13H17N3OS. The maximum absolute atomic E-state index is 9.16. The topological polar surface area (TPSA) is 41.2 Å². The molecule has 0 atom stereocenters. The number of nitrogens with zero attached hydrogens (tertiary/aromatic N) is 3. The zero-order chi connectivity index (χ0) is 13.1. The Bertz CT molecular complexity index is 538. The molecule has 0 radical (unpaired) electrons. The summed E-state index contributed by atoms with van der Waals surface area (Å²) >= 11 is 5.42. The summed E-state index contributed by atoms with van der Waals surface area (Å²) < 4.78 is 8.01. The summed E-state index contributed by atoms with van der Waals surface area (Å²) in [5, 5.41) is 9.16. The molecule has 0 aromatic carbocycles. The maximum atomic E-state index is 9.16. The highest BCUT2D eigenvalue weighted by molar-refractivity contribution is 7.71. The lowest BCUT2D eigenvalue weighted by Gasteiger charge is -2.28. The van der Waals surface area contributed by atoms with E-state index in [1.165, 1.54) is 0 Å². The summed E-state index contributed by atoms with van der Waals surface area (Å²) in [5.41, 5.74) is 2.67. The number of pyridine rings is 1. The fourth-order valence-corrected chi connectivity index (χ4v) is 2.59. The number of ether oxygens (including phenoxy) is 1. The average molecular weight is 263 g/mol. The number of morpholine rings is 1. The molecule has 2 rings (SSSR count). The van der Waals surface area contributed by atoms with E-state index in [-0.39, 0.29) is 0 Å². The molecule has 0 amide bonds. The molecule has 1 saturated heterocycles. The van der Waals surface area contributed by atoms with Crippen LogP contribution in [0.3, 0.4) is 0 Å².